The van der Waals surface area contributed by atoms with Gasteiger partial charge in [0.1, 0.15) is 13.2 Å². The number of hydrogen-bond acceptors (Lipinski definition) is 6. The Bertz CT molecular complexity index is 1160. The molecule has 0 aliphatic carbocycles. The average Bonchev–Trinajstić information content (AvgIpc) is 3.38. The summed E-state index contributed by atoms with van der Waals surface area (Å²) < 4.78 is 16.9. The summed E-state index contributed by atoms with van der Waals surface area (Å²) >= 11 is 0. The van der Waals surface area contributed by atoms with Crippen LogP contribution in [0.2, 0.25) is 0 Å². The molecule has 0 fully saturated rings. The van der Waals surface area contributed by atoms with Crippen LogP contribution in [0.5, 0.6) is 0 Å². The average molecular weight is 1010 g/mol. The number of hydrogen-bond donors (Lipinski definition) is 0. The molecule has 0 aromatic heterocycles. The van der Waals surface area contributed by atoms with Crippen molar-refractivity contribution in [2.24, 2.45) is 0 Å². The maximum absolute atomic E-state index is 12.9. The molecular formula is C66H124O6. The van der Waals surface area contributed by atoms with E-state index in [9.17, 15) is 14.4 Å². The quantitative estimate of drug-likeness (QED) is 0.0261. The van der Waals surface area contributed by atoms with Crippen molar-refractivity contribution >= 4 is 17.9 Å². The van der Waals surface area contributed by atoms with Gasteiger partial charge in [-0.1, -0.05) is 315 Å². The van der Waals surface area contributed by atoms with E-state index >= 15 is 0 Å². The zero-order valence-corrected chi connectivity index (χ0v) is 48.7. The highest BCUT2D eigenvalue weighted by atomic mass is 16.6. The van der Waals surface area contributed by atoms with Crippen molar-refractivity contribution in [2.45, 2.75) is 367 Å². The molecule has 424 valence electrons. The van der Waals surface area contributed by atoms with Crippen LogP contribution < -0.4 is 0 Å². The lowest BCUT2D eigenvalue weighted by Gasteiger charge is -2.18. The first kappa shape index (κ1) is 69.9. The number of rotatable bonds is 60. The van der Waals surface area contributed by atoms with E-state index in [-0.39, 0.29) is 31.1 Å². The summed E-state index contributed by atoms with van der Waals surface area (Å²) in [5, 5.41) is 0. The van der Waals surface area contributed by atoms with Crippen molar-refractivity contribution in [3.8, 4) is 0 Å². The molecule has 0 amide bonds. The molecule has 1 atom stereocenters. The van der Waals surface area contributed by atoms with E-state index in [0.29, 0.717) is 19.3 Å². The molecule has 6 heteroatoms. The highest BCUT2D eigenvalue weighted by molar-refractivity contribution is 5.71. The lowest BCUT2D eigenvalue weighted by Crippen LogP contribution is -2.30. The van der Waals surface area contributed by atoms with E-state index in [1.54, 1.807) is 0 Å². The highest BCUT2D eigenvalue weighted by Crippen LogP contribution is 2.18. The molecule has 0 aliphatic rings. The smallest absolute Gasteiger partial charge is 0.306 e. The van der Waals surface area contributed by atoms with Crippen LogP contribution in [0.25, 0.3) is 0 Å². The van der Waals surface area contributed by atoms with Crippen LogP contribution in [0.15, 0.2) is 24.3 Å². The van der Waals surface area contributed by atoms with Crippen molar-refractivity contribution < 1.29 is 28.6 Å². The fourth-order valence-electron chi connectivity index (χ4n) is 9.83. The van der Waals surface area contributed by atoms with Gasteiger partial charge in [0.05, 0.1) is 0 Å². The van der Waals surface area contributed by atoms with Crippen molar-refractivity contribution in [3.05, 3.63) is 24.3 Å². The molecule has 72 heavy (non-hydrogen) atoms. The van der Waals surface area contributed by atoms with Crippen LogP contribution in [0, 0.1) is 0 Å². The molecule has 1 unspecified atom stereocenters. The van der Waals surface area contributed by atoms with Gasteiger partial charge in [0, 0.05) is 19.3 Å². The molecule has 0 aromatic rings. The summed E-state index contributed by atoms with van der Waals surface area (Å²) in [5.74, 6) is -0.841. The predicted octanol–water partition coefficient (Wildman–Crippen LogP) is 21.8. The van der Waals surface area contributed by atoms with Gasteiger partial charge in [0.15, 0.2) is 6.10 Å². The Labute approximate surface area is 449 Å². The van der Waals surface area contributed by atoms with Crippen LogP contribution in [-0.2, 0) is 28.6 Å². The van der Waals surface area contributed by atoms with Crippen LogP contribution >= 0.6 is 0 Å². The van der Waals surface area contributed by atoms with Gasteiger partial charge in [-0.2, -0.15) is 0 Å². The minimum Gasteiger partial charge on any atom is -0.462 e. The largest absolute Gasteiger partial charge is 0.462 e. The van der Waals surface area contributed by atoms with Crippen LogP contribution in [0.3, 0.4) is 0 Å². The van der Waals surface area contributed by atoms with Crippen LogP contribution in [0.4, 0.5) is 0 Å². The van der Waals surface area contributed by atoms with Crippen molar-refractivity contribution in [3.63, 3.8) is 0 Å². The second-order valence-electron chi connectivity index (χ2n) is 22.0. The number of carbonyl (C=O) groups is 3. The van der Waals surface area contributed by atoms with Crippen molar-refractivity contribution in [1.29, 1.82) is 0 Å². The molecule has 0 N–H and O–H groups in total. The number of allylic oxidation sites excluding steroid dienone is 4. The molecule has 0 aliphatic heterocycles. The lowest BCUT2D eigenvalue weighted by atomic mass is 10.0. The third-order valence-corrected chi connectivity index (χ3v) is 14.7. The van der Waals surface area contributed by atoms with Gasteiger partial charge in [0.2, 0.25) is 0 Å². The third-order valence-electron chi connectivity index (χ3n) is 14.7. The molecule has 0 heterocycles. The first-order valence-electron chi connectivity index (χ1n) is 32.3. The lowest BCUT2D eigenvalue weighted by molar-refractivity contribution is -0.167. The summed E-state index contributed by atoms with van der Waals surface area (Å²) in [6.45, 7) is 6.69. The summed E-state index contributed by atoms with van der Waals surface area (Å²) in [5.41, 5.74) is 0. The Hall–Kier alpha value is -2.11. The topological polar surface area (TPSA) is 78.9 Å². The van der Waals surface area contributed by atoms with E-state index in [0.717, 1.165) is 64.2 Å². The van der Waals surface area contributed by atoms with E-state index < -0.39 is 6.10 Å². The van der Waals surface area contributed by atoms with Gasteiger partial charge in [-0.15, -0.1) is 0 Å². The Morgan fingerprint density at radius 2 is 0.500 bits per heavy atom. The Morgan fingerprint density at radius 1 is 0.278 bits per heavy atom. The molecule has 6 nitrogen and oxygen atoms in total. The summed E-state index contributed by atoms with van der Waals surface area (Å²) in [7, 11) is 0. The molecule has 0 aromatic carbocycles. The summed E-state index contributed by atoms with van der Waals surface area (Å²) in [6, 6.07) is 0. The fourth-order valence-corrected chi connectivity index (χ4v) is 9.83. The Morgan fingerprint density at radius 3 is 0.764 bits per heavy atom. The molecule has 0 saturated carbocycles. The van der Waals surface area contributed by atoms with Gasteiger partial charge < -0.3 is 14.2 Å². The van der Waals surface area contributed by atoms with E-state index in [2.05, 4.69) is 45.1 Å². The standard InChI is InChI=1S/C66H124O6/c1-4-7-10-13-16-19-22-24-26-28-30-32-33-34-36-37-39-41-44-47-50-53-56-59-65(68)71-62-63(61-70-64(67)58-55-52-49-46-43-21-18-15-12-9-6-3)72-66(69)60-57-54-51-48-45-42-40-38-35-31-29-27-25-23-20-17-14-11-8-5-2/h22,24,28,30,63H,4-21,23,25-27,29,31-62H2,1-3H3/b24-22-,30-28-. The molecule has 0 spiro atoms. The first-order chi connectivity index (χ1) is 35.5. The van der Waals surface area contributed by atoms with E-state index in [1.807, 2.05) is 0 Å². The SMILES string of the molecule is CCCCCCC/C=C\C/C=C\CCCCCCCCCCCCCC(=O)OCC(COC(=O)CCCCCCCCCCCCC)OC(=O)CCCCCCCCCCCCCCCCCCCCCC. The summed E-state index contributed by atoms with van der Waals surface area (Å²) in [6.07, 6.45) is 73.3. The molecule has 0 rings (SSSR count). The number of esters is 3. The zero-order chi connectivity index (χ0) is 52.2. The second kappa shape index (κ2) is 61.4. The molecular weight excluding hydrogens is 889 g/mol. The van der Waals surface area contributed by atoms with Gasteiger partial charge in [-0.05, 0) is 51.4 Å². The molecule has 0 saturated heterocycles. The molecule has 0 bridgehead atoms. The minimum atomic E-state index is -0.767. The number of carbonyl (C=O) groups excluding carboxylic acids is 3. The summed E-state index contributed by atoms with van der Waals surface area (Å²) in [4.78, 5) is 38.2. The highest BCUT2D eigenvalue weighted by Gasteiger charge is 2.19. The normalized spacial score (nSPS) is 12.1. The third kappa shape index (κ3) is 58.8. The van der Waals surface area contributed by atoms with Crippen LogP contribution in [0.1, 0.15) is 361 Å². The first-order valence-corrected chi connectivity index (χ1v) is 32.3. The van der Waals surface area contributed by atoms with Gasteiger partial charge in [-0.25, -0.2) is 0 Å². The second-order valence-corrected chi connectivity index (χ2v) is 22.0. The van der Waals surface area contributed by atoms with E-state index in [4.69, 9.17) is 14.2 Å². The Balaban J connectivity index is 4.22. The number of ether oxygens (including phenoxy) is 3. The van der Waals surface area contributed by atoms with Crippen molar-refractivity contribution in [1.82, 2.24) is 0 Å². The zero-order valence-electron chi connectivity index (χ0n) is 48.7. The van der Waals surface area contributed by atoms with E-state index in [1.165, 1.54) is 257 Å². The van der Waals surface area contributed by atoms with Gasteiger partial charge in [-0.3, -0.25) is 14.4 Å². The number of unbranched alkanes of at least 4 members (excludes halogenated alkanes) is 45. The maximum atomic E-state index is 12.9. The predicted molar refractivity (Wildman–Crippen MR) is 312 cm³/mol. The monoisotopic (exact) mass is 1010 g/mol. The van der Waals surface area contributed by atoms with Crippen molar-refractivity contribution in [2.75, 3.05) is 13.2 Å². The van der Waals surface area contributed by atoms with Crippen LogP contribution in [-0.4, -0.2) is 37.2 Å². The van der Waals surface area contributed by atoms with Gasteiger partial charge >= 0.3 is 17.9 Å². The minimum absolute atomic E-state index is 0.0655. The Kier molecular flexibility index (Phi) is 59.6. The maximum Gasteiger partial charge on any atom is 0.306 e. The van der Waals surface area contributed by atoms with Gasteiger partial charge in [0.25, 0.3) is 0 Å². The fraction of sp³-hybridized carbons (Fsp3) is 0.894. The molecule has 0 radical (unpaired) electrons.